The van der Waals surface area contributed by atoms with Crippen LogP contribution in [0.25, 0.3) is 0 Å². The predicted octanol–water partition coefficient (Wildman–Crippen LogP) is 3.34. The molecule has 0 aliphatic rings. The van der Waals surface area contributed by atoms with Gasteiger partial charge in [0.1, 0.15) is 5.82 Å². The van der Waals surface area contributed by atoms with Gasteiger partial charge < -0.3 is 10.4 Å². The third kappa shape index (κ3) is 3.98. The first-order valence-corrected chi connectivity index (χ1v) is 6.73. The summed E-state index contributed by atoms with van der Waals surface area (Å²) in [5, 5.41) is 13.4. The molecule has 0 aliphatic carbocycles. The first-order valence-electron chi connectivity index (χ1n) is 6.73. The highest BCUT2D eigenvalue weighted by molar-refractivity contribution is 5.37. The van der Waals surface area contributed by atoms with E-state index >= 15 is 0 Å². The highest BCUT2D eigenvalue weighted by Crippen LogP contribution is 2.22. The molecule has 3 heteroatoms. The van der Waals surface area contributed by atoms with Crippen molar-refractivity contribution in [3.8, 4) is 0 Å². The fourth-order valence-electron chi connectivity index (χ4n) is 1.70. The summed E-state index contributed by atoms with van der Waals surface area (Å²) in [6.45, 7) is 11.1. The lowest BCUT2D eigenvalue weighted by Gasteiger charge is -2.26. The summed E-state index contributed by atoms with van der Waals surface area (Å²) in [7, 11) is 0. The van der Waals surface area contributed by atoms with Crippen molar-refractivity contribution in [3.63, 3.8) is 0 Å². The van der Waals surface area contributed by atoms with Gasteiger partial charge in [-0.15, -0.1) is 0 Å². The van der Waals surface area contributed by atoms with Crippen LogP contribution in [0.4, 0.5) is 5.82 Å². The van der Waals surface area contributed by atoms with Crippen LogP contribution in [0.15, 0.2) is 18.3 Å². The lowest BCUT2D eigenvalue weighted by atomic mass is 9.88. The number of nitrogens with zero attached hydrogens (tertiary/aromatic N) is 1. The molecule has 0 fully saturated rings. The van der Waals surface area contributed by atoms with Crippen LogP contribution in [0.1, 0.15) is 53.0 Å². The van der Waals surface area contributed by atoms with Crippen molar-refractivity contribution >= 4 is 5.82 Å². The topological polar surface area (TPSA) is 45.1 Å². The van der Waals surface area contributed by atoms with Crippen molar-refractivity contribution in [1.82, 2.24) is 4.98 Å². The highest BCUT2D eigenvalue weighted by atomic mass is 16.3. The van der Waals surface area contributed by atoms with Crippen molar-refractivity contribution in [1.29, 1.82) is 0 Å². The van der Waals surface area contributed by atoms with Crippen molar-refractivity contribution < 1.29 is 5.11 Å². The zero-order valence-corrected chi connectivity index (χ0v) is 12.2. The van der Waals surface area contributed by atoms with Crippen LogP contribution in [0, 0.1) is 0 Å². The molecule has 2 N–H and O–H groups in total. The fourth-order valence-corrected chi connectivity index (χ4v) is 1.70. The van der Waals surface area contributed by atoms with E-state index in [9.17, 15) is 5.11 Å². The van der Waals surface area contributed by atoms with Crippen LogP contribution in [-0.2, 0) is 5.41 Å². The molecule has 0 unspecified atom stereocenters. The van der Waals surface area contributed by atoms with E-state index in [0.29, 0.717) is 6.54 Å². The largest absolute Gasteiger partial charge is 0.388 e. The van der Waals surface area contributed by atoms with Crippen LogP contribution in [0.5, 0.6) is 0 Å². The summed E-state index contributed by atoms with van der Waals surface area (Å²) in [6.07, 6.45) is 3.40. The minimum Gasteiger partial charge on any atom is -0.388 e. The number of hydrogen-bond acceptors (Lipinski definition) is 3. The molecule has 1 aromatic heterocycles. The zero-order chi connectivity index (χ0) is 13.8. The molecule has 1 aromatic rings. The number of aromatic nitrogens is 1. The lowest BCUT2D eigenvalue weighted by Crippen LogP contribution is -2.35. The van der Waals surface area contributed by atoms with Gasteiger partial charge >= 0.3 is 0 Å². The average molecular weight is 250 g/mol. The second kappa shape index (κ2) is 5.70. The van der Waals surface area contributed by atoms with Gasteiger partial charge in [-0.3, -0.25) is 0 Å². The monoisotopic (exact) mass is 250 g/mol. The fraction of sp³-hybridized carbons (Fsp3) is 0.667. The Balaban J connectivity index is 2.65. The van der Waals surface area contributed by atoms with Crippen molar-refractivity contribution in [3.05, 3.63) is 23.9 Å². The minimum atomic E-state index is -0.635. The van der Waals surface area contributed by atoms with Crippen molar-refractivity contribution in [2.24, 2.45) is 0 Å². The van der Waals surface area contributed by atoms with Crippen LogP contribution in [-0.4, -0.2) is 22.2 Å². The molecule has 0 spiro atoms. The van der Waals surface area contributed by atoms with E-state index in [1.165, 1.54) is 5.56 Å². The van der Waals surface area contributed by atoms with Gasteiger partial charge in [0, 0.05) is 12.7 Å². The molecule has 102 valence electrons. The number of aliphatic hydroxyl groups is 1. The number of rotatable bonds is 5. The van der Waals surface area contributed by atoms with Gasteiger partial charge in [0.15, 0.2) is 0 Å². The van der Waals surface area contributed by atoms with Crippen LogP contribution in [0.2, 0.25) is 0 Å². The molecule has 0 aromatic carbocycles. The molecule has 18 heavy (non-hydrogen) atoms. The summed E-state index contributed by atoms with van der Waals surface area (Å²) in [5.74, 6) is 0.823. The molecule has 0 amide bonds. The average Bonchev–Trinajstić information content (AvgIpc) is 2.35. The second-order valence-electron chi connectivity index (χ2n) is 5.97. The lowest BCUT2D eigenvalue weighted by molar-refractivity contribution is 0.0456. The first kappa shape index (κ1) is 15.0. The number of pyridine rings is 1. The highest BCUT2D eigenvalue weighted by Gasteiger charge is 2.21. The van der Waals surface area contributed by atoms with Gasteiger partial charge in [0.2, 0.25) is 0 Å². The summed E-state index contributed by atoms with van der Waals surface area (Å²) in [4.78, 5) is 4.39. The van der Waals surface area contributed by atoms with E-state index in [2.05, 4.69) is 37.1 Å². The molecule has 1 heterocycles. The molecule has 0 aliphatic heterocycles. The Morgan fingerprint density at radius 3 is 2.17 bits per heavy atom. The Hall–Kier alpha value is -1.09. The molecule has 0 radical (unpaired) electrons. The van der Waals surface area contributed by atoms with Crippen LogP contribution < -0.4 is 5.32 Å². The Bertz CT molecular complexity index is 361. The summed E-state index contributed by atoms with van der Waals surface area (Å²) >= 11 is 0. The first-order chi connectivity index (χ1) is 8.30. The van der Waals surface area contributed by atoms with E-state index in [1.54, 1.807) is 0 Å². The number of anilines is 1. The van der Waals surface area contributed by atoms with Crippen LogP contribution in [0.3, 0.4) is 0 Å². The van der Waals surface area contributed by atoms with Gasteiger partial charge in [-0.25, -0.2) is 4.98 Å². The molecular weight excluding hydrogens is 224 g/mol. The third-order valence-corrected chi connectivity index (χ3v) is 3.54. The standard InChI is InChI=1S/C15H26N2O/c1-6-15(18,7-2)11-17-13-9-8-12(10-16-13)14(3,4)5/h8-10,18H,6-7,11H2,1-5H3,(H,16,17). The van der Waals surface area contributed by atoms with Crippen LogP contribution >= 0.6 is 0 Å². The van der Waals surface area contributed by atoms with Crippen molar-refractivity contribution in [2.75, 3.05) is 11.9 Å². The maximum Gasteiger partial charge on any atom is 0.125 e. The van der Waals surface area contributed by atoms with Gasteiger partial charge in [0.05, 0.1) is 5.60 Å². The van der Waals surface area contributed by atoms with Gasteiger partial charge in [-0.2, -0.15) is 0 Å². The Labute approximate surface area is 111 Å². The zero-order valence-electron chi connectivity index (χ0n) is 12.2. The predicted molar refractivity (Wildman–Crippen MR) is 77.0 cm³/mol. The summed E-state index contributed by atoms with van der Waals surface area (Å²) in [5.41, 5.74) is 0.707. The number of nitrogens with one attached hydrogen (secondary N) is 1. The summed E-state index contributed by atoms with van der Waals surface area (Å²) < 4.78 is 0. The maximum atomic E-state index is 10.2. The summed E-state index contributed by atoms with van der Waals surface area (Å²) in [6, 6.07) is 4.07. The minimum absolute atomic E-state index is 0.124. The van der Waals surface area contributed by atoms with E-state index < -0.39 is 5.60 Å². The van der Waals surface area contributed by atoms with Gasteiger partial charge in [0.25, 0.3) is 0 Å². The van der Waals surface area contributed by atoms with E-state index in [-0.39, 0.29) is 5.41 Å². The Morgan fingerprint density at radius 1 is 1.17 bits per heavy atom. The molecule has 3 nitrogen and oxygen atoms in total. The number of hydrogen-bond donors (Lipinski definition) is 2. The SMILES string of the molecule is CCC(O)(CC)CNc1ccc(C(C)(C)C)cn1. The Kier molecular flexibility index (Phi) is 4.74. The molecule has 0 atom stereocenters. The van der Waals surface area contributed by atoms with E-state index in [1.807, 2.05) is 26.1 Å². The van der Waals surface area contributed by atoms with E-state index in [0.717, 1.165) is 18.7 Å². The smallest absolute Gasteiger partial charge is 0.125 e. The molecule has 0 saturated carbocycles. The van der Waals surface area contributed by atoms with Crippen molar-refractivity contribution in [2.45, 2.75) is 58.5 Å². The molecule has 1 rings (SSSR count). The maximum absolute atomic E-state index is 10.2. The van der Waals surface area contributed by atoms with Gasteiger partial charge in [-0.1, -0.05) is 40.7 Å². The molecular formula is C15H26N2O. The van der Waals surface area contributed by atoms with E-state index in [4.69, 9.17) is 0 Å². The second-order valence-corrected chi connectivity index (χ2v) is 5.97. The Morgan fingerprint density at radius 2 is 1.78 bits per heavy atom. The molecule has 0 saturated heterocycles. The van der Waals surface area contributed by atoms with Gasteiger partial charge in [-0.05, 0) is 29.9 Å². The molecule has 0 bridgehead atoms. The normalized spacial score (nSPS) is 12.6. The third-order valence-electron chi connectivity index (χ3n) is 3.54. The quantitative estimate of drug-likeness (QED) is 0.842.